The van der Waals surface area contributed by atoms with Gasteiger partial charge in [-0.15, -0.1) is 0 Å². The van der Waals surface area contributed by atoms with Gasteiger partial charge in [0.15, 0.2) is 0 Å². The molecule has 0 bridgehead atoms. The van der Waals surface area contributed by atoms with E-state index in [0.29, 0.717) is 12.6 Å². The van der Waals surface area contributed by atoms with E-state index in [9.17, 15) is 0 Å². The minimum absolute atomic E-state index is 0.417. The fourth-order valence-electron chi connectivity index (χ4n) is 0.875. The molecule has 0 saturated heterocycles. The van der Waals surface area contributed by atoms with Crippen molar-refractivity contribution in [2.75, 3.05) is 0 Å². The van der Waals surface area contributed by atoms with Crippen LogP contribution in [0.3, 0.4) is 0 Å². The van der Waals surface area contributed by atoms with Gasteiger partial charge >= 0.3 is 0 Å². The number of rotatable bonds is 0. The first-order valence-corrected chi connectivity index (χ1v) is 2.82. The normalized spacial score (nSPS) is 24.0. The molecular weight excluding hydrogens is 112 g/mol. The van der Waals surface area contributed by atoms with Gasteiger partial charge in [-0.2, -0.15) is 0 Å². The van der Waals surface area contributed by atoms with Gasteiger partial charge < -0.3 is 0 Å². The third kappa shape index (κ3) is 0.633. The Kier molecular flexibility index (Phi) is 0.693. The highest BCUT2D eigenvalue weighted by molar-refractivity contribution is 5.91. The molecule has 2 heteroatoms. The van der Waals surface area contributed by atoms with E-state index in [1.807, 2.05) is 0 Å². The first-order chi connectivity index (χ1) is 4.86. The topological polar surface area (TPSA) is 24.7 Å². The molecule has 0 amide bonds. The van der Waals surface area contributed by atoms with Crippen LogP contribution in [0, 0.1) is 0 Å². The third-order valence-electron chi connectivity index (χ3n) is 1.38. The lowest BCUT2D eigenvalue weighted by Crippen LogP contribution is -1.91. The van der Waals surface area contributed by atoms with E-state index in [-0.39, 0.29) is 0 Å². The molecule has 0 spiro atoms. The number of hydrogen-bond acceptors (Lipinski definition) is 2. The van der Waals surface area contributed by atoms with Crippen LogP contribution >= 0.6 is 0 Å². The standard InChI is InChI=1S/C7H6N2/c1-2-8-4-7-5-9-3-6(1)7/h2-5H,1H2/i2D. The second-order valence-electron chi connectivity index (χ2n) is 1.98. The van der Waals surface area contributed by atoms with Gasteiger partial charge in [0.2, 0.25) is 0 Å². The van der Waals surface area contributed by atoms with Gasteiger partial charge in [-0.05, 0) is 5.57 Å². The first kappa shape index (κ1) is 3.77. The Morgan fingerprint density at radius 1 is 1.44 bits per heavy atom. The molecule has 0 atom stereocenters. The van der Waals surface area contributed by atoms with Gasteiger partial charge in [0, 0.05) is 36.8 Å². The zero-order valence-electron chi connectivity index (χ0n) is 5.83. The van der Waals surface area contributed by atoms with Crippen LogP contribution < -0.4 is 0 Å². The molecule has 2 rings (SSSR count). The predicted molar refractivity (Wildman–Crippen MR) is 37.8 cm³/mol. The van der Waals surface area contributed by atoms with E-state index in [2.05, 4.69) is 9.98 Å². The summed E-state index contributed by atoms with van der Waals surface area (Å²) in [6.07, 6.45) is 6.29. The van der Waals surface area contributed by atoms with Crippen molar-refractivity contribution in [3.8, 4) is 0 Å². The lowest BCUT2D eigenvalue weighted by molar-refractivity contribution is 1.29. The average Bonchev–Trinajstić information content (AvgIpc) is 2.33. The summed E-state index contributed by atoms with van der Waals surface area (Å²) in [7, 11) is 0. The smallest absolute Gasteiger partial charge is 0.0795 e. The van der Waals surface area contributed by atoms with Crippen molar-refractivity contribution in [2.24, 2.45) is 9.98 Å². The van der Waals surface area contributed by atoms with Crippen molar-refractivity contribution in [2.45, 2.75) is 6.42 Å². The van der Waals surface area contributed by atoms with Crippen LogP contribution in [0.5, 0.6) is 0 Å². The molecule has 0 fully saturated rings. The maximum absolute atomic E-state index is 7.23. The van der Waals surface area contributed by atoms with Crippen molar-refractivity contribution < 1.29 is 1.37 Å². The average molecular weight is 119 g/mol. The monoisotopic (exact) mass is 119 g/mol. The summed E-state index contributed by atoms with van der Waals surface area (Å²) in [4.78, 5) is 7.81. The lowest BCUT2D eigenvalue weighted by atomic mass is 10.1. The minimum Gasteiger partial charge on any atom is -0.268 e. The molecule has 2 heterocycles. The van der Waals surface area contributed by atoms with Crippen LogP contribution in [-0.4, -0.2) is 12.4 Å². The summed E-state index contributed by atoms with van der Waals surface area (Å²) in [5.41, 5.74) is 2.16. The maximum atomic E-state index is 7.23. The van der Waals surface area contributed by atoms with Gasteiger partial charge in [-0.1, -0.05) is 0 Å². The lowest BCUT2D eigenvalue weighted by Gasteiger charge is -2.00. The molecule has 0 aromatic heterocycles. The summed E-state index contributed by atoms with van der Waals surface area (Å²) >= 11 is 0. The fourth-order valence-corrected chi connectivity index (χ4v) is 0.875. The summed E-state index contributed by atoms with van der Waals surface area (Å²) in [5.74, 6) is 0. The maximum Gasteiger partial charge on any atom is 0.0795 e. The highest BCUT2D eigenvalue weighted by atomic mass is 14.7. The van der Waals surface area contributed by atoms with Gasteiger partial charge in [0.1, 0.15) is 0 Å². The van der Waals surface area contributed by atoms with Crippen LogP contribution in [0.25, 0.3) is 0 Å². The Bertz CT molecular complexity index is 284. The number of aliphatic imine (C=N–C) groups is 2. The molecule has 0 saturated carbocycles. The Balaban J connectivity index is 2.42. The molecule has 0 N–H and O–H groups in total. The van der Waals surface area contributed by atoms with Crippen LogP contribution in [0.15, 0.2) is 33.5 Å². The summed E-state index contributed by atoms with van der Waals surface area (Å²) < 4.78 is 7.23. The molecule has 44 valence electrons. The minimum atomic E-state index is 0.417. The molecule has 0 aromatic rings. The largest absolute Gasteiger partial charge is 0.268 e. The SMILES string of the molecule is [2H]C1=NC=C2C=NC=C2C1. The van der Waals surface area contributed by atoms with Crippen molar-refractivity contribution in [3.05, 3.63) is 23.5 Å². The Hall–Kier alpha value is -1.18. The quantitative estimate of drug-likeness (QED) is 0.459. The number of hydrogen-bond donors (Lipinski definition) is 0. The molecule has 2 nitrogen and oxygen atoms in total. The number of fused-ring (bicyclic) bond motifs is 1. The Labute approximate surface area is 54.7 Å². The Morgan fingerprint density at radius 2 is 2.44 bits per heavy atom. The van der Waals surface area contributed by atoms with E-state index >= 15 is 0 Å². The van der Waals surface area contributed by atoms with E-state index < -0.39 is 0 Å². The van der Waals surface area contributed by atoms with Crippen molar-refractivity contribution >= 4 is 12.4 Å². The van der Waals surface area contributed by atoms with Gasteiger partial charge in [0.25, 0.3) is 0 Å². The predicted octanol–water partition coefficient (Wildman–Crippen LogP) is 1.31. The summed E-state index contributed by atoms with van der Waals surface area (Å²) in [6.45, 7) is 0. The molecule has 2 aliphatic heterocycles. The molecule has 0 unspecified atom stereocenters. The zero-order valence-corrected chi connectivity index (χ0v) is 4.83. The van der Waals surface area contributed by atoms with Crippen LogP contribution in [0.1, 0.15) is 7.79 Å². The van der Waals surface area contributed by atoms with Crippen LogP contribution in [0.2, 0.25) is 0 Å². The van der Waals surface area contributed by atoms with Crippen molar-refractivity contribution in [1.82, 2.24) is 0 Å². The molecule has 9 heavy (non-hydrogen) atoms. The molecule has 0 radical (unpaired) electrons. The summed E-state index contributed by atoms with van der Waals surface area (Å²) in [5, 5.41) is 0. The second kappa shape index (κ2) is 1.65. The second-order valence-corrected chi connectivity index (χ2v) is 1.98. The fraction of sp³-hybridized carbons (Fsp3) is 0.143. The highest BCUT2D eigenvalue weighted by Crippen LogP contribution is 2.19. The molecule has 0 aliphatic carbocycles. The Morgan fingerprint density at radius 3 is 3.44 bits per heavy atom. The molecular formula is C7H6N2. The van der Waals surface area contributed by atoms with Gasteiger partial charge in [-0.3, -0.25) is 9.98 Å². The van der Waals surface area contributed by atoms with E-state index in [4.69, 9.17) is 1.37 Å². The number of nitrogens with zero attached hydrogens (tertiary/aromatic N) is 2. The van der Waals surface area contributed by atoms with Gasteiger partial charge in [-0.25, -0.2) is 0 Å². The highest BCUT2D eigenvalue weighted by Gasteiger charge is 2.07. The molecule has 2 aliphatic rings. The van der Waals surface area contributed by atoms with Crippen LogP contribution in [0.4, 0.5) is 0 Å². The van der Waals surface area contributed by atoms with E-state index in [1.165, 1.54) is 0 Å². The van der Waals surface area contributed by atoms with Gasteiger partial charge in [0.05, 0.1) is 1.37 Å². The van der Waals surface area contributed by atoms with Crippen molar-refractivity contribution in [1.29, 1.82) is 0 Å². The zero-order chi connectivity index (χ0) is 6.97. The van der Waals surface area contributed by atoms with Crippen molar-refractivity contribution in [3.63, 3.8) is 0 Å². The number of allylic oxidation sites excluding steroid dienone is 2. The first-order valence-electron chi connectivity index (χ1n) is 3.32. The third-order valence-corrected chi connectivity index (χ3v) is 1.38. The van der Waals surface area contributed by atoms with E-state index in [0.717, 1.165) is 11.1 Å². The summed E-state index contributed by atoms with van der Waals surface area (Å²) in [6, 6.07) is 0. The van der Waals surface area contributed by atoms with E-state index in [1.54, 1.807) is 18.6 Å². The van der Waals surface area contributed by atoms with Crippen LogP contribution in [-0.2, 0) is 0 Å². The molecule has 0 aromatic carbocycles.